The molecule has 0 radical (unpaired) electrons. The number of carbonyl (C=O) groups is 1. The maximum atomic E-state index is 9.85. The minimum absolute atomic E-state index is 0.486. The Kier molecular flexibility index (Phi) is 6.63. The Bertz CT molecular complexity index is 703. The van der Waals surface area contributed by atoms with Crippen LogP contribution in [0.5, 0.6) is 0 Å². The summed E-state index contributed by atoms with van der Waals surface area (Å²) in [5.74, 6) is -0.0253. The van der Waals surface area contributed by atoms with Crippen molar-refractivity contribution in [3.05, 3.63) is 67.1 Å². The molecule has 0 bridgehead atoms. The van der Waals surface area contributed by atoms with Crippen molar-refractivity contribution in [2.75, 3.05) is 0 Å². The van der Waals surface area contributed by atoms with Gasteiger partial charge in [0.25, 0.3) is 0 Å². The van der Waals surface area contributed by atoms with E-state index in [1.54, 1.807) is 6.92 Å². The normalized spacial score (nSPS) is 11.2. The van der Waals surface area contributed by atoms with Crippen LogP contribution < -0.4 is 0 Å². The number of aromatic nitrogens is 1. The quantitative estimate of drug-likeness (QED) is 0.670. The average molecular weight is 341 g/mol. The predicted octanol–water partition coefficient (Wildman–Crippen LogP) is 4.79. The highest BCUT2D eigenvalue weighted by Gasteiger charge is 2.11. The van der Waals surface area contributed by atoms with Gasteiger partial charge in [0, 0.05) is 11.1 Å². The molecule has 1 aromatic heterocycles. The van der Waals surface area contributed by atoms with E-state index in [2.05, 4.69) is 17.6 Å². The molecule has 0 fully saturated rings. The fourth-order valence-corrected chi connectivity index (χ4v) is 2.02. The first kappa shape index (κ1) is 17.8. The van der Waals surface area contributed by atoms with Crippen LogP contribution in [0.3, 0.4) is 0 Å². The molecule has 0 aliphatic rings. The van der Waals surface area contributed by atoms with Gasteiger partial charge in [-0.05, 0) is 6.42 Å². The Morgan fingerprint density at radius 2 is 1.62 bits per heavy atom. The number of hydrogen-bond acceptors (Lipinski definition) is 4. The first-order valence-electron chi connectivity index (χ1n) is 7.58. The summed E-state index contributed by atoms with van der Waals surface area (Å²) in [6, 6.07) is 20.1. The Balaban J connectivity index is 0.000000256. The number of benzene rings is 2. The summed E-state index contributed by atoms with van der Waals surface area (Å²) < 4.78 is 5.49. The van der Waals surface area contributed by atoms with Gasteiger partial charge >= 0.3 is 5.97 Å². The lowest BCUT2D eigenvalue weighted by Crippen LogP contribution is -2.10. The van der Waals surface area contributed by atoms with Crippen LogP contribution in [-0.2, 0) is 4.79 Å². The first-order valence-corrected chi connectivity index (χ1v) is 8.10. The molecule has 0 aliphatic carbocycles. The molecular formula is C19H19NO3S. The summed E-state index contributed by atoms with van der Waals surface area (Å²) in [5.41, 5.74) is 3.00. The second kappa shape index (κ2) is 8.93. The fourth-order valence-electron chi connectivity index (χ4n) is 2.02. The highest BCUT2D eigenvalue weighted by Crippen LogP contribution is 2.30. The molecule has 1 heterocycles. The minimum atomic E-state index is -0.842. The zero-order valence-electron chi connectivity index (χ0n) is 13.3. The number of oxazole rings is 1. The zero-order chi connectivity index (χ0) is 17.4. The van der Waals surface area contributed by atoms with Gasteiger partial charge in [0.05, 0.1) is 5.25 Å². The van der Waals surface area contributed by atoms with Gasteiger partial charge in [0.1, 0.15) is 5.69 Å². The monoisotopic (exact) mass is 341 g/mol. The molecule has 124 valence electrons. The molecule has 0 aliphatic heterocycles. The van der Waals surface area contributed by atoms with E-state index in [1.165, 1.54) is 6.39 Å². The highest BCUT2D eigenvalue weighted by atomic mass is 32.1. The van der Waals surface area contributed by atoms with Crippen LogP contribution in [0.4, 0.5) is 0 Å². The van der Waals surface area contributed by atoms with Gasteiger partial charge in [0.2, 0.25) is 0 Å². The molecule has 3 rings (SSSR count). The molecule has 24 heavy (non-hydrogen) atoms. The highest BCUT2D eigenvalue weighted by molar-refractivity contribution is 7.81. The van der Waals surface area contributed by atoms with Crippen LogP contribution in [0, 0.1) is 0 Å². The number of carboxylic acids is 1. The van der Waals surface area contributed by atoms with E-state index in [0.29, 0.717) is 6.42 Å². The summed E-state index contributed by atoms with van der Waals surface area (Å²) in [6.45, 7) is 1.78. The van der Waals surface area contributed by atoms with Crippen LogP contribution in [0.15, 0.2) is 71.5 Å². The molecule has 0 spiro atoms. The largest absolute Gasteiger partial charge is 0.480 e. The van der Waals surface area contributed by atoms with Gasteiger partial charge in [-0.2, -0.15) is 12.6 Å². The van der Waals surface area contributed by atoms with E-state index in [9.17, 15) is 4.79 Å². The Morgan fingerprint density at radius 3 is 2.08 bits per heavy atom. The average Bonchev–Trinajstić information content (AvgIpc) is 3.12. The van der Waals surface area contributed by atoms with Crippen molar-refractivity contribution in [3.8, 4) is 22.6 Å². The lowest BCUT2D eigenvalue weighted by Gasteiger charge is -2.00. The van der Waals surface area contributed by atoms with Crippen molar-refractivity contribution < 1.29 is 14.3 Å². The topological polar surface area (TPSA) is 63.3 Å². The Labute approximate surface area is 146 Å². The van der Waals surface area contributed by atoms with Crippen molar-refractivity contribution in [1.82, 2.24) is 4.98 Å². The van der Waals surface area contributed by atoms with E-state index < -0.39 is 11.2 Å². The van der Waals surface area contributed by atoms with Crippen molar-refractivity contribution in [1.29, 1.82) is 0 Å². The van der Waals surface area contributed by atoms with Crippen LogP contribution >= 0.6 is 12.6 Å². The maximum absolute atomic E-state index is 9.85. The van der Waals surface area contributed by atoms with Crippen LogP contribution in [0.25, 0.3) is 22.6 Å². The van der Waals surface area contributed by atoms with Gasteiger partial charge in [-0.3, -0.25) is 4.79 Å². The number of thiol groups is 1. The third-order valence-electron chi connectivity index (χ3n) is 3.32. The van der Waals surface area contributed by atoms with Gasteiger partial charge in [-0.1, -0.05) is 67.6 Å². The summed E-state index contributed by atoms with van der Waals surface area (Å²) >= 11 is 3.73. The molecule has 5 heteroatoms. The lowest BCUT2D eigenvalue weighted by atomic mass is 10.1. The van der Waals surface area contributed by atoms with Crippen molar-refractivity contribution >= 4 is 18.6 Å². The van der Waals surface area contributed by atoms with Crippen LogP contribution in [-0.4, -0.2) is 21.3 Å². The molecule has 3 aromatic rings. The van der Waals surface area contributed by atoms with Crippen molar-refractivity contribution in [2.24, 2.45) is 0 Å². The Morgan fingerprint density at radius 1 is 1.08 bits per heavy atom. The van der Waals surface area contributed by atoms with E-state index in [0.717, 1.165) is 22.6 Å². The third-order valence-corrected chi connectivity index (χ3v) is 3.91. The molecule has 1 N–H and O–H groups in total. The molecule has 1 unspecified atom stereocenters. The maximum Gasteiger partial charge on any atom is 0.316 e. The lowest BCUT2D eigenvalue weighted by molar-refractivity contribution is -0.136. The summed E-state index contributed by atoms with van der Waals surface area (Å²) in [6.07, 6.45) is 2.07. The second-order valence-corrected chi connectivity index (χ2v) is 5.65. The van der Waals surface area contributed by atoms with Gasteiger partial charge in [-0.25, -0.2) is 4.98 Å². The van der Waals surface area contributed by atoms with Crippen LogP contribution in [0.1, 0.15) is 13.3 Å². The van der Waals surface area contributed by atoms with Gasteiger partial charge in [-0.15, -0.1) is 0 Å². The predicted molar refractivity (Wildman–Crippen MR) is 98.1 cm³/mol. The summed E-state index contributed by atoms with van der Waals surface area (Å²) in [5, 5.41) is 7.62. The van der Waals surface area contributed by atoms with Gasteiger partial charge in [0.15, 0.2) is 12.2 Å². The van der Waals surface area contributed by atoms with Crippen LogP contribution in [0.2, 0.25) is 0 Å². The molecule has 0 saturated heterocycles. The SMILES string of the molecule is CCC(S)C(=O)O.c1ccc(-c2ncoc2-c2ccccc2)cc1. The number of nitrogens with zero attached hydrogens (tertiary/aromatic N) is 1. The number of hydrogen-bond donors (Lipinski definition) is 2. The standard InChI is InChI=1S/C15H11NO.C4H8O2S/c1-3-7-12(8-4-1)14-15(17-11-16-14)13-9-5-2-6-10-13;1-2-3(7)4(5)6/h1-11H;3,7H,2H2,1H3,(H,5,6). The van der Waals surface area contributed by atoms with Crippen molar-refractivity contribution in [2.45, 2.75) is 18.6 Å². The summed E-state index contributed by atoms with van der Waals surface area (Å²) in [4.78, 5) is 14.2. The van der Waals surface area contributed by atoms with E-state index in [1.807, 2.05) is 60.7 Å². The molecule has 2 aromatic carbocycles. The van der Waals surface area contributed by atoms with Crippen molar-refractivity contribution in [3.63, 3.8) is 0 Å². The number of aliphatic carboxylic acids is 1. The number of carboxylic acid groups (broad SMARTS) is 1. The fraction of sp³-hybridized carbons (Fsp3) is 0.158. The molecular weight excluding hydrogens is 322 g/mol. The van der Waals surface area contributed by atoms with E-state index in [4.69, 9.17) is 9.52 Å². The molecule has 0 amide bonds. The zero-order valence-corrected chi connectivity index (χ0v) is 14.2. The van der Waals surface area contributed by atoms with Gasteiger partial charge < -0.3 is 9.52 Å². The first-order chi connectivity index (χ1) is 11.6. The minimum Gasteiger partial charge on any atom is -0.480 e. The molecule has 4 nitrogen and oxygen atoms in total. The Hall–Kier alpha value is -2.53. The second-order valence-electron chi connectivity index (χ2n) is 5.02. The van der Waals surface area contributed by atoms with E-state index in [-0.39, 0.29) is 0 Å². The van der Waals surface area contributed by atoms with E-state index >= 15 is 0 Å². The third kappa shape index (κ3) is 4.73. The molecule has 0 saturated carbocycles. The number of rotatable bonds is 4. The molecule has 1 atom stereocenters. The smallest absolute Gasteiger partial charge is 0.316 e. The summed E-state index contributed by atoms with van der Waals surface area (Å²) in [7, 11) is 0.